The number of aromatic nitrogens is 2. The highest BCUT2D eigenvalue weighted by Gasteiger charge is 2.29. The van der Waals surface area contributed by atoms with Crippen LogP contribution in [0.3, 0.4) is 0 Å². The van der Waals surface area contributed by atoms with E-state index >= 15 is 0 Å². The van der Waals surface area contributed by atoms with E-state index < -0.39 is 0 Å². The maximum atomic E-state index is 12.5. The summed E-state index contributed by atoms with van der Waals surface area (Å²) in [5.74, 6) is 3.03. The number of benzene rings is 1. The fourth-order valence-corrected chi connectivity index (χ4v) is 3.86. The molecule has 6 heteroatoms. The Bertz CT molecular complexity index is 1050. The molecule has 0 amide bonds. The van der Waals surface area contributed by atoms with Crippen LogP contribution in [-0.4, -0.2) is 21.4 Å². The van der Waals surface area contributed by atoms with Crippen molar-refractivity contribution in [1.29, 1.82) is 0 Å². The standard InChI is InChI=1S/C21H20ClN3O2/c22-15-3-1-2-14(10-15)19-7-6-16(27-19)11-25-9-8-18-17(12-25)21(26)24-20(23-18)13-4-5-13/h1-3,6-7,10,13H,4-5,8-9,11-12H2,(H,23,24,26). The van der Waals surface area contributed by atoms with E-state index in [1.165, 1.54) is 0 Å². The first-order chi connectivity index (χ1) is 13.2. The Morgan fingerprint density at radius 2 is 2.15 bits per heavy atom. The number of halogens is 1. The number of aromatic amines is 1. The normalized spacial score (nSPS) is 17.1. The second-order valence-electron chi connectivity index (χ2n) is 7.39. The van der Waals surface area contributed by atoms with Crippen LogP contribution in [0.1, 0.15) is 41.6 Å². The monoisotopic (exact) mass is 381 g/mol. The van der Waals surface area contributed by atoms with Crippen LogP contribution >= 0.6 is 11.6 Å². The number of furan rings is 1. The number of rotatable bonds is 4. The Morgan fingerprint density at radius 3 is 2.96 bits per heavy atom. The topological polar surface area (TPSA) is 62.1 Å². The van der Waals surface area contributed by atoms with Crippen molar-refractivity contribution in [1.82, 2.24) is 14.9 Å². The van der Waals surface area contributed by atoms with Crippen LogP contribution in [0.4, 0.5) is 0 Å². The first kappa shape index (κ1) is 16.8. The predicted molar refractivity (Wildman–Crippen MR) is 104 cm³/mol. The highest BCUT2D eigenvalue weighted by atomic mass is 35.5. The molecule has 138 valence electrons. The smallest absolute Gasteiger partial charge is 0.255 e. The van der Waals surface area contributed by atoms with Gasteiger partial charge in [-0.15, -0.1) is 0 Å². The summed E-state index contributed by atoms with van der Waals surface area (Å²) >= 11 is 6.07. The van der Waals surface area contributed by atoms with Crippen LogP contribution in [0, 0.1) is 0 Å². The number of nitrogens with zero attached hydrogens (tertiary/aromatic N) is 2. The van der Waals surface area contributed by atoms with Gasteiger partial charge in [-0.2, -0.15) is 0 Å². The molecule has 0 spiro atoms. The summed E-state index contributed by atoms with van der Waals surface area (Å²) < 4.78 is 6.00. The van der Waals surface area contributed by atoms with Gasteiger partial charge >= 0.3 is 0 Å². The molecule has 1 aromatic carbocycles. The molecular formula is C21H20ClN3O2. The van der Waals surface area contributed by atoms with Gasteiger partial charge in [-0.1, -0.05) is 23.7 Å². The lowest BCUT2D eigenvalue weighted by Crippen LogP contribution is -2.35. The molecule has 0 radical (unpaired) electrons. The summed E-state index contributed by atoms with van der Waals surface area (Å²) in [5, 5.41) is 0.690. The molecule has 5 rings (SSSR count). The van der Waals surface area contributed by atoms with E-state index in [2.05, 4.69) is 9.88 Å². The quantitative estimate of drug-likeness (QED) is 0.738. The molecule has 3 heterocycles. The van der Waals surface area contributed by atoms with Crippen molar-refractivity contribution in [3.63, 3.8) is 0 Å². The summed E-state index contributed by atoms with van der Waals surface area (Å²) in [4.78, 5) is 22.4. The number of fused-ring (bicyclic) bond motifs is 1. The van der Waals surface area contributed by atoms with Gasteiger partial charge in [0.05, 0.1) is 17.8 Å². The maximum Gasteiger partial charge on any atom is 0.255 e. The molecule has 2 aromatic heterocycles. The average Bonchev–Trinajstić information content (AvgIpc) is 3.41. The average molecular weight is 382 g/mol. The zero-order valence-electron chi connectivity index (χ0n) is 14.9. The lowest BCUT2D eigenvalue weighted by Gasteiger charge is -2.26. The van der Waals surface area contributed by atoms with Crippen LogP contribution in [0.15, 0.2) is 45.6 Å². The molecule has 0 atom stereocenters. The van der Waals surface area contributed by atoms with E-state index in [1.54, 1.807) is 0 Å². The lowest BCUT2D eigenvalue weighted by atomic mass is 10.1. The van der Waals surface area contributed by atoms with Crippen LogP contribution in [0.25, 0.3) is 11.3 Å². The summed E-state index contributed by atoms with van der Waals surface area (Å²) in [6.45, 7) is 2.15. The molecule has 27 heavy (non-hydrogen) atoms. The van der Waals surface area contributed by atoms with Crippen molar-refractivity contribution in [2.75, 3.05) is 6.54 Å². The molecule has 1 N–H and O–H groups in total. The summed E-state index contributed by atoms with van der Waals surface area (Å²) in [5.41, 5.74) is 2.75. The van der Waals surface area contributed by atoms with E-state index in [1.807, 2.05) is 36.4 Å². The minimum absolute atomic E-state index is 0.0191. The van der Waals surface area contributed by atoms with E-state index in [0.29, 0.717) is 24.0 Å². The van der Waals surface area contributed by atoms with Gasteiger partial charge in [0.2, 0.25) is 0 Å². The summed E-state index contributed by atoms with van der Waals surface area (Å²) in [7, 11) is 0. The molecule has 1 aliphatic heterocycles. The molecule has 0 unspecified atom stereocenters. The highest BCUT2D eigenvalue weighted by molar-refractivity contribution is 6.30. The van der Waals surface area contributed by atoms with Crippen molar-refractivity contribution in [2.24, 2.45) is 0 Å². The lowest BCUT2D eigenvalue weighted by molar-refractivity contribution is 0.223. The van der Waals surface area contributed by atoms with Crippen LogP contribution in [0.2, 0.25) is 5.02 Å². The van der Waals surface area contributed by atoms with Gasteiger partial charge in [0.25, 0.3) is 5.56 Å². The minimum Gasteiger partial charge on any atom is -0.460 e. The molecule has 1 saturated carbocycles. The van der Waals surface area contributed by atoms with E-state index in [9.17, 15) is 4.79 Å². The van der Waals surface area contributed by atoms with Gasteiger partial charge in [-0.3, -0.25) is 9.69 Å². The van der Waals surface area contributed by atoms with Crippen molar-refractivity contribution in [3.8, 4) is 11.3 Å². The predicted octanol–water partition coefficient (Wildman–Crippen LogP) is 4.12. The van der Waals surface area contributed by atoms with Gasteiger partial charge < -0.3 is 9.40 Å². The van der Waals surface area contributed by atoms with E-state index in [0.717, 1.165) is 60.0 Å². The molecule has 0 bridgehead atoms. The van der Waals surface area contributed by atoms with E-state index in [-0.39, 0.29) is 5.56 Å². The largest absolute Gasteiger partial charge is 0.460 e. The number of hydrogen-bond acceptors (Lipinski definition) is 4. The molecular weight excluding hydrogens is 362 g/mol. The Kier molecular flexibility index (Phi) is 4.14. The van der Waals surface area contributed by atoms with Crippen LogP contribution in [-0.2, 0) is 19.5 Å². The minimum atomic E-state index is 0.0191. The van der Waals surface area contributed by atoms with E-state index in [4.69, 9.17) is 21.0 Å². The van der Waals surface area contributed by atoms with Gasteiger partial charge in [-0.25, -0.2) is 4.98 Å². The van der Waals surface area contributed by atoms with Crippen molar-refractivity contribution < 1.29 is 4.42 Å². The Balaban J connectivity index is 1.32. The zero-order valence-corrected chi connectivity index (χ0v) is 15.6. The third kappa shape index (κ3) is 3.45. The number of H-pyrrole nitrogens is 1. The zero-order chi connectivity index (χ0) is 18.4. The van der Waals surface area contributed by atoms with Crippen molar-refractivity contribution >= 4 is 11.6 Å². The van der Waals surface area contributed by atoms with Crippen molar-refractivity contribution in [3.05, 3.63) is 74.6 Å². The fraction of sp³-hybridized carbons (Fsp3) is 0.333. The van der Waals surface area contributed by atoms with Gasteiger partial charge in [0.1, 0.15) is 17.3 Å². The third-order valence-electron chi connectivity index (χ3n) is 5.28. The number of hydrogen-bond donors (Lipinski definition) is 1. The molecule has 1 fully saturated rings. The second-order valence-corrected chi connectivity index (χ2v) is 7.82. The molecule has 2 aliphatic rings. The second kappa shape index (κ2) is 6.66. The van der Waals surface area contributed by atoms with Crippen LogP contribution < -0.4 is 5.56 Å². The Hall–Kier alpha value is -2.37. The van der Waals surface area contributed by atoms with Crippen LogP contribution in [0.5, 0.6) is 0 Å². The molecule has 5 nitrogen and oxygen atoms in total. The Labute approximate surface area is 162 Å². The molecule has 3 aromatic rings. The molecule has 0 saturated heterocycles. The van der Waals surface area contributed by atoms with Crippen molar-refractivity contribution in [2.45, 2.75) is 38.3 Å². The fourth-order valence-electron chi connectivity index (χ4n) is 3.67. The first-order valence-electron chi connectivity index (χ1n) is 9.35. The Morgan fingerprint density at radius 1 is 1.26 bits per heavy atom. The summed E-state index contributed by atoms with van der Waals surface area (Å²) in [6.07, 6.45) is 3.09. The van der Waals surface area contributed by atoms with Gasteiger partial charge in [0.15, 0.2) is 0 Å². The summed E-state index contributed by atoms with van der Waals surface area (Å²) in [6, 6.07) is 11.6. The van der Waals surface area contributed by atoms with Gasteiger partial charge in [-0.05, 0) is 37.1 Å². The van der Waals surface area contributed by atoms with Gasteiger partial charge in [0, 0.05) is 36.0 Å². The molecule has 1 aliphatic carbocycles. The third-order valence-corrected chi connectivity index (χ3v) is 5.52. The highest BCUT2D eigenvalue weighted by Crippen LogP contribution is 2.37. The first-order valence-corrected chi connectivity index (χ1v) is 9.72. The maximum absolute atomic E-state index is 12.5. The number of nitrogens with one attached hydrogen (secondary N) is 1. The SMILES string of the molecule is O=c1[nH]c(C2CC2)nc2c1CN(Cc1ccc(-c3cccc(Cl)c3)o1)CC2.